The highest BCUT2D eigenvalue weighted by Gasteiger charge is 2.09. The fourth-order valence-corrected chi connectivity index (χ4v) is 0.288. The van der Waals surface area contributed by atoms with Crippen LogP contribution in [0.3, 0.4) is 0 Å². The maximum absolute atomic E-state index is 10.5. The van der Waals surface area contributed by atoms with Gasteiger partial charge in [0.25, 0.3) is 0 Å². The second kappa shape index (κ2) is 4.21. The van der Waals surface area contributed by atoms with Crippen molar-refractivity contribution in [2.24, 2.45) is 5.73 Å². The Kier molecular flexibility index (Phi) is 3.94. The van der Waals surface area contributed by atoms with Gasteiger partial charge in [-0.25, -0.2) is 0 Å². The van der Waals surface area contributed by atoms with Gasteiger partial charge < -0.3 is 20.7 Å². The average Bonchev–Trinajstić information content (AvgIpc) is 1.82. The van der Waals surface area contributed by atoms with Gasteiger partial charge in [0.2, 0.25) is 0 Å². The second-order valence-electron chi connectivity index (χ2n) is 1.90. The standard InChI is InChI=1S/C5H11NO4/c1-3(6)5(9)10-2-4(7)8/h3-4,7-8H,2,6H2,1H3. The van der Waals surface area contributed by atoms with E-state index in [-0.39, 0.29) is 0 Å². The Morgan fingerprint density at radius 1 is 1.70 bits per heavy atom. The molecule has 0 saturated heterocycles. The van der Waals surface area contributed by atoms with E-state index in [4.69, 9.17) is 15.9 Å². The smallest absolute Gasteiger partial charge is 0.322 e. The lowest BCUT2D eigenvalue weighted by molar-refractivity contribution is -0.157. The van der Waals surface area contributed by atoms with Gasteiger partial charge in [0, 0.05) is 0 Å². The van der Waals surface area contributed by atoms with Crippen molar-refractivity contribution in [3.63, 3.8) is 0 Å². The van der Waals surface area contributed by atoms with Crippen LogP contribution < -0.4 is 5.73 Å². The predicted octanol–water partition coefficient (Wildman–Crippen LogP) is -1.81. The van der Waals surface area contributed by atoms with Crippen molar-refractivity contribution in [3.8, 4) is 0 Å². The van der Waals surface area contributed by atoms with Crippen LogP contribution in [0, 0.1) is 0 Å². The van der Waals surface area contributed by atoms with E-state index in [1.54, 1.807) is 0 Å². The molecule has 0 aromatic carbocycles. The second-order valence-corrected chi connectivity index (χ2v) is 1.90. The molecule has 5 nitrogen and oxygen atoms in total. The van der Waals surface area contributed by atoms with Crippen LogP contribution in [0.1, 0.15) is 6.92 Å². The summed E-state index contributed by atoms with van der Waals surface area (Å²) in [5.41, 5.74) is 5.08. The number of esters is 1. The number of rotatable bonds is 3. The summed E-state index contributed by atoms with van der Waals surface area (Å²) in [7, 11) is 0. The molecule has 0 radical (unpaired) electrons. The molecule has 5 heteroatoms. The molecule has 0 bridgehead atoms. The van der Waals surface area contributed by atoms with Gasteiger partial charge in [0.05, 0.1) is 0 Å². The van der Waals surface area contributed by atoms with Crippen molar-refractivity contribution in [1.82, 2.24) is 0 Å². The van der Waals surface area contributed by atoms with Gasteiger partial charge in [-0.05, 0) is 6.92 Å². The molecule has 60 valence electrons. The molecule has 0 rings (SSSR count). The first kappa shape index (κ1) is 9.35. The summed E-state index contributed by atoms with van der Waals surface area (Å²) in [6.45, 7) is 1.02. The summed E-state index contributed by atoms with van der Waals surface area (Å²) < 4.78 is 4.30. The van der Waals surface area contributed by atoms with Gasteiger partial charge in [0.1, 0.15) is 12.6 Å². The lowest BCUT2D eigenvalue weighted by Crippen LogP contribution is -2.31. The topological polar surface area (TPSA) is 92.8 Å². The minimum atomic E-state index is -1.62. The fourth-order valence-electron chi connectivity index (χ4n) is 0.288. The Bertz CT molecular complexity index is 112. The van der Waals surface area contributed by atoms with Crippen molar-refractivity contribution in [3.05, 3.63) is 0 Å². The van der Waals surface area contributed by atoms with E-state index in [2.05, 4.69) is 4.74 Å². The van der Waals surface area contributed by atoms with E-state index in [9.17, 15) is 4.79 Å². The van der Waals surface area contributed by atoms with Crippen molar-refractivity contribution in [1.29, 1.82) is 0 Å². The zero-order valence-electron chi connectivity index (χ0n) is 5.65. The Morgan fingerprint density at radius 3 is 2.50 bits per heavy atom. The summed E-state index contributed by atoms with van der Waals surface area (Å²) in [6, 6.07) is -0.723. The molecular formula is C5H11NO4. The maximum atomic E-state index is 10.5. The summed E-state index contributed by atoms with van der Waals surface area (Å²) in [5.74, 6) is -0.645. The van der Waals surface area contributed by atoms with E-state index >= 15 is 0 Å². The van der Waals surface area contributed by atoms with Gasteiger partial charge in [0.15, 0.2) is 6.29 Å². The molecule has 0 fully saturated rings. The first-order valence-electron chi connectivity index (χ1n) is 2.82. The number of aliphatic hydroxyl groups excluding tert-OH is 1. The predicted molar refractivity (Wildman–Crippen MR) is 32.8 cm³/mol. The van der Waals surface area contributed by atoms with Crippen LogP contribution in [0.5, 0.6) is 0 Å². The molecule has 0 amide bonds. The van der Waals surface area contributed by atoms with Crippen LogP contribution in [0.4, 0.5) is 0 Å². The zero-order chi connectivity index (χ0) is 8.15. The van der Waals surface area contributed by atoms with Crippen LogP contribution in [0.25, 0.3) is 0 Å². The monoisotopic (exact) mass is 149 g/mol. The van der Waals surface area contributed by atoms with Crippen molar-refractivity contribution in [2.75, 3.05) is 6.61 Å². The molecule has 1 unspecified atom stereocenters. The molecule has 0 spiro atoms. The van der Waals surface area contributed by atoms with Crippen LogP contribution in [0.15, 0.2) is 0 Å². The summed E-state index contributed by atoms with van der Waals surface area (Å²) in [4.78, 5) is 10.5. The van der Waals surface area contributed by atoms with Gasteiger partial charge in [-0.3, -0.25) is 4.79 Å². The third kappa shape index (κ3) is 4.25. The minimum Gasteiger partial charge on any atom is -0.459 e. The Hall–Kier alpha value is -0.650. The van der Waals surface area contributed by atoms with Crippen LogP contribution in [-0.4, -0.2) is 35.1 Å². The van der Waals surface area contributed by atoms with E-state index in [1.807, 2.05) is 0 Å². The Labute approximate surface area is 58.4 Å². The normalized spacial score (nSPS) is 13.3. The number of hydrogen-bond acceptors (Lipinski definition) is 5. The molecule has 10 heavy (non-hydrogen) atoms. The highest BCUT2D eigenvalue weighted by atomic mass is 16.6. The first-order chi connectivity index (χ1) is 4.54. The number of carbonyl (C=O) groups is 1. The molecule has 0 heterocycles. The molecule has 0 aromatic heterocycles. The lowest BCUT2D eigenvalue weighted by atomic mass is 10.4. The van der Waals surface area contributed by atoms with E-state index in [1.165, 1.54) is 6.92 Å². The Balaban J connectivity index is 3.40. The Morgan fingerprint density at radius 2 is 2.20 bits per heavy atom. The maximum Gasteiger partial charge on any atom is 0.322 e. The SMILES string of the molecule is CC(N)C(=O)OCC(O)O. The van der Waals surface area contributed by atoms with E-state index < -0.39 is 24.9 Å². The van der Waals surface area contributed by atoms with Gasteiger partial charge in [-0.2, -0.15) is 0 Å². The molecule has 4 N–H and O–H groups in total. The largest absolute Gasteiger partial charge is 0.459 e. The van der Waals surface area contributed by atoms with Crippen LogP contribution in [-0.2, 0) is 9.53 Å². The number of carbonyl (C=O) groups excluding carboxylic acids is 1. The van der Waals surface area contributed by atoms with Crippen molar-refractivity contribution < 1.29 is 19.7 Å². The van der Waals surface area contributed by atoms with E-state index in [0.717, 1.165) is 0 Å². The van der Waals surface area contributed by atoms with Crippen LogP contribution in [0.2, 0.25) is 0 Å². The molecule has 0 aromatic rings. The number of nitrogens with two attached hydrogens (primary N) is 1. The fraction of sp³-hybridized carbons (Fsp3) is 0.800. The molecule has 0 aliphatic heterocycles. The summed E-state index contributed by atoms with van der Waals surface area (Å²) in [6.07, 6.45) is -1.62. The van der Waals surface area contributed by atoms with E-state index in [0.29, 0.717) is 0 Å². The number of hydrogen-bond donors (Lipinski definition) is 3. The first-order valence-corrected chi connectivity index (χ1v) is 2.82. The highest BCUT2D eigenvalue weighted by molar-refractivity contribution is 5.74. The van der Waals surface area contributed by atoms with Gasteiger partial charge in [-0.15, -0.1) is 0 Å². The highest BCUT2D eigenvalue weighted by Crippen LogP contribution is 1.85. The molecule has 0 saturated carbocycles. The third-order valence-corrected chi connectivity index (χ3v) is 0.746. The van der Waals surface area contributed by atoms with Crippen LogP contribution >= 0.6 is 0 Å². The molecule has 0 aliphatic rings. The number of aliphatic hydroxyl groups is 2. The van der Waals surface area contributed by atoms with Crippen molar-refractivity contribution >= 4 is 5.97 Å². The zero-order valence-corrected chi connectivity index (χ0v) is 5.65. The lowest BCUT2D eigenvalue weighted by Gasteiger charge is -2.07. The summed E-state index contributed by atoms with van der Waals surface area (Å²) >= 11 is 0. The summed E-state index contributed by atoms with van der Waals surface area (Å²) in [5, 5.41) is 16.4. The third-order valence-electron chi connectivity index (χ3n) is 0.746. The minimum absolute atomic E-state index is 0.430. The molecular weight excluding hydrogens is 138 g/mol. The number of ether oxygens (including phenoxy) is 1. The quantitative estimate of drug-likeness (QED) is 0.325. The van der Waals surface area contributed by atoms with Gasteiger partial charge in [-0.1, -0.05) is 0 Å². The average molecular weight is 149 g/mol. The van der Waals surface area contributed by atoms with Gasteiger partial charge >= 0.3 is 5.97 Å². The molecule has 1 atom stereocenters. The van der Waals surface area contributed by atoms with Crippen molar-refractivity contribution in [2.45, 2.75) is 19.3 Å². The molecule has 0 aliphatic carbocycles.